The molecule has 1 unspecified atom stereocenters. The first-order chi connectivity index (χ1) is 19.4. The maximum atomic E-state index is 13.6. The first-order valence-corrected chi connectivity index (χ1v) is 14.5. The van der Waals surface area contributed by atoms with Crippen LogP contribution in [-0.4, -0.2) is 74.4 Å². The smallest absolute Gasteiger partial charge is 0.246 e. The van der Waals surface area contributed by atoms with Crippen LogP contribution in [0.1, 0.15) is 25.3 Å². The maximum absolute atomic E-state index is 13.6. The molecule has 1 heterocycles. The van der Waals surface area contributed by atoms with Crippen LogP contribution in [0.25, 0.3) is 11.1 Å². The average molecular weight is 563 g/mol. The van der Waals surface area contributed by atoms with E-state index in [1.165, 1.54) is 4.90 Å². The van der Waals surface area contributed by atoms with Gasteiger partial charge in [0.25, 0.3) is 0 Å². The highest BCUT2D eigenvalue weighted by atomic mass is 32.2. The Hall–Kier alpha value is -3.65. The third-order valence-corrected chi connectivity index (χ3v) is 8.49. The Bertz CT molecular complexity index is 1270. The molecule has 0 bridgehead atoms. The number of ether oxygens (including phenoxy) is 3. The number of amides is 2. The average Bonchev–Trinajstić information content (AvgIpc) is 2.99. The number of piperazine rings is 1. The quantitative estimate of drug-likeness (QED) is 0.213. The van der Waals surface area contributed by atoms with Gasteiger partial charge in [-0.3, -0.25) is 9.59 Å². The van der Waals surface area contributed by atoms with Gasteiger partial charge in [-0.05, 0) is 66.5 Å². The fraction of sp³-hybridized carbons (Fsp3) is 0.375. The number of hydrogen-bond acceptors (Lipinski definition) is 6. The highest BCUT2D eigenvalue weighted by molar-refractivity contribution is 7.99. The molecule has 0 spiro atoms. The van der Waals surface area contributed by atoms with Gasteiger partial charge in [0.05, 0.1) is 21.3 Å². The summed E-state index contributed by atoms with van der Waals surface area (Å²) < 4.78 is 16.4. The lowest BCUT2D eigenvalue weighted by Gasteiger charge is -2.42. The number of thioether (sulfide) groups is 1. The van der Waals surface area contributed by atoms with E-state index in [0.717, 1.165) is 35.3 Å². The van der Waals surface area contributed by atoms with E-state index in [1.54, 1.807) is 38.2 Å². The molecule has 1 fully saturated rings. The Morgan fingerprint density at radius 3 is 2.05 bits per heavy atom. The van der Waals surface area contributed by atoms with Crippen LogP contribution in [0.15, 0.2) is 71.6 Å². The molecular weight excluding hydrogens is 524 g/mol. The molecule has 0 aliphatic carbocycles. The lowest BCUT2D eigenvalue weighted by Crippen LogP contribution is -2.63. The summed E-state index contributed by atoms with van der Waals surface area (Å²) >= 11 is 1.82. The topological polar surface area (TPSA) is 68.3 Å². The third kappa shape index (κ3) is 6.55. The van der Waals surface area contributed by atoms with Crippen molar-refractivity contribution < 1.29 is 23.8 Å². The summed E-state index contributed by atoms with van der Waals surface area (Å²) in [5.74, 6) is 2.69. The minimum atomic E-state index is -0.519. The van der Waals surface area contributed by atoms with Crippen molar-refractivity contribution in [1.29, 1.82) is 0 Å². The molecule has 2 amide bonds. The summed E-state index contributed by atoms with van der Waals surface area (Å²) in [5, 5.41) is 0. The normalized spacial score (nSPS) is 17.2. The fourth-order valence-electron chi connectivity index (χ4n) is 5.05. The van der Waals surface area contributed by atoms with Crippen molar-refractivity contribution in [1.82, 2.24) is 9.80 Å². The van der Waals surface area contributed by atoms with Crippen molar-refractivity contribution in [3.05, 3.63) is 72.3 Å². The lowest BCUT2D eigenvalue weighted by atomic mass is 9.96. The second-order valence-corrected chi connectivity index (χ2v) is 11.0. The minimum absolute atomic E-state index is 0.0130. The maximum Gasteiger partial charge on any atom is 0.246 e. The van der Waals surface area contributed by atoms with Crippen LogP contribution in [0.3, 0.4) is 0 Å². The second-order valence-electron chi connectivity index (χ2n) is 9.86. The number of hydrogen-bond donors (Lipinski definition) is 0. The van der Waals surface area contributed by atoms with E-state index < -0.39 is 12.1 Å². The van der Waals surface area contributed by atoms with E-state index in [4.69, 9.17) is 14.2 Å². The molecule has 3 aromatic carbocycles. The largest absolute Gasteiger partial charge is 0.493 e. The van der Waals surface area contributed by atoms with Gasteiger partial charge in [0.2, 0.25) is 17.6 Å². The standard InChI is InChI=1S/C32H38N2O5S/c1-22-31(35)33(2)27(32(36)34(22)17-9-10-18-40-26-11-7-6-8-12-26)19-23-13-15-24(16-14-23)25-20-28(37-3)30(39-5)29(21-25)38-4/h6-8,11-16,20-22,27H,9-10,17-19H2,1-5H3/t22-,27?/m0/s1. The Labute approximate surface area is 241 Å². The first-order valence-electron chi connectivity index (χ1n) is 13.5. The number of unbranched alkanes of at least 4 members (excludes halogenated alkanes) is 1. The summed E-state index contributed by atoms with van der Waals surface area (Å²) in [6, 6.07) is 21.2. The van der Waals surface area contributed by atoms with Crippen LogP contribution in [-0.2, 0) is 16.0 Å². The molecule has 212 valence electrons. The predicted molar refractivity (Wildman–Crippen MR) is 159 cm³/mol. The Morgan fingerprint density at radius 1 is 0.800 bits per heavy atom. The van der Waals surface area contributed by atoms with Crippen LogP contribution < -0.4 is 14.2 Å². The highest BCUT2D eigenvalue weighted by Crippen LogP contribution is 2.41. The van der Waals surface area contributed by atoms with Crippen LogP contribution in [0.4, 0.5) is 0 Å². The van der Waals surface area contributed by atoms with Crippen LogP contribution in [0, 0.1) is 0 Å². The van der Waals surface area contributed by atoms with Crippen molar-refractivity contribution in [2.75, 3.05) is 40.7 Å². The van der Waals surface area contributed by atoms with E-state index in [0.29, 0.717) is 30.2 Å². The number of rotatable bonds is 12. The van der Waals surface area contributed by atoms with Crippen molar-refractivity contribution >= 4 is 23.6 Å². The molecule has 8 heteroatoms. The van der Waals surface area contributed by atoms with Crippen molar-refractivity contribution in [3.63, 3.8) is 0 Å². The number of carbonyl (C=O) groups excluding carboxylic acids is 2. The molecule has 0 aromatic heterocycles. The molecule has 0 N–H and O–H groups in total. The van der Waals surface area contributed by atoms with E-state index in [1.807, 2.05) is 73.3 Å². The Kier molecular flexibility index (Phi) is 9.98. The van der Waals surface area contributed by atoms with Gasteiger partial charge in [-0.2, -0.15) is 0 Å². The van der Waals surface area contributed by atoms with E-state index in [9.17, 15) is 9.59 Å². The Balaban J connectivity index is 1.41. The van der Waals surface area contributed by atoms with Gasteiger partial charge in [0.1, 0.15) is 12.1 Å². The van der Waals surface area contributed by atoms with Gasteiger partial charge in [0, 0.05) is 24.9 Å². The van der Waals surface area contributed by atoms with Gasteiger partial charge in [0.15, 0.2) is 11.5 Å². The summed E-state index contributed by atoms with van der Waals surface area (Å²) in [7, 11) is 6.50. The zero-order valence-electron chi connectivity index (χ0n) is 23.9. The molecule has 4 rings (SSSR count). The Morgan fingerprint density at radius 2 is 1.45 bits per heavy atom. The van der Waals surface area contributed by atoms with Crippen molar-refractivity contribution in [2.24, 2.45) is 0 Å². The summed E-state index contributed by atoms with van der Waals surface area (Å²) in [4.78, 5) is 31.2. The molecule has 3 aromatic rings. The number of carbonyl (C=O) groups is 2. The number of nitrogens with zero attached hydrogens (tertiary/aromatic N) is 2. The first kappa shape index (κ1) is 29.3. The van der Waals surface area contributed by atoms with E-state index in [2.05, 4.69) is 12.1 Å². The number of likely N-dealkylation sites (N-methyl/N-ethyl adjacent to an activating group) is 1. The monoisotopic (exact) mass is 562 g/mol. The number of benzene rings is 3. The SMILES string of the molecule is COc1cc(-c2ccc(CC3C(=O)N(CCCCSc4ccccc4)[C@@H](C)C(=O)N3C)cc2)cc(OC)c1OC. The molecule has 0 radical (unpaired) electrons. The zero-order chi connectivity index (χ0) is 28.6. The molecule has 2 atom stereocenters. The van der Waals surface area contributed by atoms with Crippen molar-refractivity contribution in [3.8, 4) is 28.4 Å². The van der Waals surface area contributed by atoms with Gasteiger partial charge in [-0.25, -0.2) is 0 Å². The van der Waals surface area contributed by atoms with E-state index >= 15 is 0 Å². The summed E-state index contributed by atoms with van der Waals surface area (Å²) in [5.41, 5.74) is 2.89. The summed E-state index contributed by atoms with van der Waals surface area (Å²) in [6.07, 6.45) is 2.31. The second kappa shape index (κ2) is 13.6. The minimum Gasteiger partial charge on any atom is -0.493 e. The molecule has 1 aliphatic rings. The summed E-state index contributed by atoms with van der Waals surface area (Å²) in [6.45, 7) is 2.42. The van der Waals surface area contributed by atoms with Crippen LogP contribution in [0.5, 0.6) is 17.2 Å². The molecule has 1 saturated heterocycles. The van der Waals surface area contributed by atoms with Gasteiger partial charge < -0.3 is 24.0 Å². The van der Waals surface area contributed by atoms with Gasteiger partial charge in [-0.1, -0.05) is 42.5 Å². The molecule has 40 heavy (non-hydrogen) atoms. The fourth-order valence-corrected chi connectivity index (χ4v) is 5.99. The van der Waals surface area contributed by atoms with E-state index in [-0.39, 0.29) is 11.8 Å². The van der Waals surface area contributed by atoms with Gasteiger partial charge >= 0.3 is 0 Å². The lowest BCUT2D eigenvalue weighted by molar-refractivity contribution is -0.159. The zero-order valence-corrected chi connectivity index (χ0v) is 24.7. The van der Waals surface area contributed by atoms with Gasteiger partial charge in [-0.15, -0.1) is 11.8 Å². The van der Waals surface area contributed by atoms with Crippen LogP contribution in [0.2, 0.25) is 0 Å². The molecule has 7 nitrogen and oxygen atoms in total. The predicted octanol–water partition coefficient (Wildman–Crippen LogP) is 5.55. The molecule has 0 saturated carbocycles. The molecule has 1 aliphatic heterocycles. The van der Waals surface area contributed by atoms with Crippen molar-refractivity contribution in [2.45, 2.75) is 43.2 Å². The third-order valence-electron chi connectivity index (χ3n) is 7.39. The highest BCUT2D eigenvalue weighted by Gasteiger charge is 2.41. The molecular formula is C32H38N2O5S. The van der Waals surface area contributed by atoms with Crippen LogP contribution >= 0.6 is 11.8 Å². The number of methoxy groups -OCH3 is 3.